The maximum Gasteiger partial charge on any atom is 0.218 e. The maximum atomic E-state index is 5.92. The largest absolute Gasteiger partial charge is 0.473 e. The van der Waals surface area contributed by atoms with Crippen molar-refractivity contribution in [2.45, 2.75) is 32.9 Å². The highest BCUT2D eigenvalue weighted by Crippen LogP contribution is 2.17. The summed E-state index contributed by atoms with van der Waals surface area (Å²) >= 11 is 1.89. The Morgan fingerprint density at radius 3 is 2.68 bits per heavy atom. The summed E-state index contributed by atoms with van der Waals surface area (Å²) in [6.45, 7) is 4.86. The third-order valence-corrected chi connectivity index (χ3v) is 4.58. The summed E-state index contributed by atoms with van der Waals surface area (Å²) in [5.74, 6) is 2.67. The van der Waals surface area contributed by atoms with E-state index in [2.05, 4.69) is 33.8 Å². The molecule has 0 saturated carbocycles. The van der Waals surface area contributed by atoms with Crippen LogP contribution in [0.1, 0.15) is 30.9 Å². The molecule has 2 rings (SSSR count). The fraction of sp³-hybridized carbons (Fsp3) is 0.429. The number of nitrogens with zero attached hydrogens (tertiary/aromatic N) is 2. The summed E-state index contributed by atoms with van der Waals surface area (Å²) in [5, 5.41) is 6.69. The molecule has 2 N–H and O–H groups in total. The number of aromatic nitrogens is 1. The number of benzene rings is 1. The van der Waals surface area contributed by atoms with Gasteiger partial charge in [0.05, 0.1) is 6.54 Å². The standard InChI is InChI=1S/C21H30N4OS.HI/c1-3-22-21(24-13-7-8-15-27-2)25-16-19-12-9-14-23-20(19)26-17-18-10-5-4-6-11-18;/h4-6,9-12,14H,3,7-8,13,15-17H2,1-2H3,(H2,22,24,25);1H. The minimum absolute atomic E-state index is 0. The third-order valence-electron chi connectivity index (χ3n) is 3.89. The molecule has 5 nitrogen and oxygen atoms in total. The first-order valence-electron chi connectivity index (χ1n) is 9.45. The van der Waals surface area contributed by atoms with E-state index in [9.17, 15) is 0 Å². The fourth-order valence-corrected chi connectivity index (χ4v) is 2.98. The van der Waals surface area contributed by atoms with Gasteiger partial charge in [-0.3, -0.25) is 0 Å². The lowest BCUT2D eigenvalue weighted by molar-refractivity contribution is 0.290. The van der Waals surface area contributed by atoms with Gasteiger partial charge in [-0.1, -0.05) is 36.4 Å². The van der Waals surface area contributed by atoms with Crippen molar-refractivity contribution in [3.63, 3.8) is 0 Å². The number of unbranched alkanes of at least 4 members (excludes halogenated alkanes) is 1. The van der Waals surface area contributed by atoms with Crippen LogP contribution in [-0.4, -0.2) is 36.0 Å². The molecule has 0 fully saturated rings. The highest BCUT2D eigenvalue weighted by Gasteiger charge is 2.06. The molecule has 28 heavy (non-hydrogen) atoms. The van der Waals surface area contributed by atoms with Gasteiger partial charge < -0.3 is 15.4 Å². The van der Waals surface area contributed by atoms with Gasteiger partial charge in [-0.2, -0.15) is 11.8 Å². The van der Waals surface area contributed by atoms with Crippen molar-refractivity contribution in [1.82, 2.24) is 15.6 Å². The number of hydrogen-bond donors (Lipinski definition) is 2. The van der Waals surface area contributed by atoms with Gasteiger partial charge in [0.1, 0.15) is 6.61 Å². The lowest BCUT2D eigenvalue weighted by atomic mass is 10.2. The average Bonchev–Trinajstić information content (AvgIpc) is 2.71. The number of pyridine rings is 1. The second kappa shape index (κ2) is 15.4. The van der Waals surface area contributed by atoms with Gasteiger partial charge in [0.25, 0.3) is 0 Å². The first-order valence-corrected chi connectivity index (χ1v) is 10.8. The van der Waals surface area contributed by atoms with E-state index in [0.717, 1.165) is 36.6 Å². The average molecular weight is 514 g/mol. The summed E-state index contributed by atoms with van der Waals surface area (Å²) in [4.78, 5) is 9.07. The van der Waals surface area contributed by atoms with E-state index in [-0.39, 0.29) is 24.0 Å². The van der Waals surface area contributed by atoms with Crippen LogP contribution < -0.4 is 15.4 Å². The predicted octanol–water partition coefficient (Wildman–Crippen LogP) is 4.48. The van der Waals surface area contributed by atoms with Crippen molar-refractivity contribution >= 4 is 41.7 Å². The molecule has 1 aromatic heterocycles. The van der Waals surface area contributed by atoms with Crippen molar-refractivity contribution in [1.29, 1.82) is 0 Å². The van der Waals surface area contributed by atoms with Crippen molar-refractivity contribution in [3.8, 4) is 5.88 Å². The first-order chi connectivity index (χ1) is 13.3. The molecule has 2 aromatic rings. The molecular formula is C21H31IN4OS. The predicted molar refractivity (Wildman–Crippen MR) is 131 cm³/mol. The molecule has 7 heteroatoms. The van der Waals surface area contributed by atoms with E-state index in [1.54, 1.807) is 6.20 Å². The molecule has 0 aliphatic rings. The van der Waals surface area contributed by atoms with Crippen LogP contribution in [0.3, 0.4) is 0 Å². The fourth-order valence-electron chi connectivity index (χ4n) is 2.48. The topological polar surface area (TPSA) is 58.5 Å². The number of ether oxygens (including phenoxy) is 1. The first kappa shape index (κ1) is 24.6. The normalized spacial score (nSPS) is 10.9. The molecule has 0 aliphatic heterocycles. The number of thioether (sulfide) groups is 1. The van der Waals surface area contributed by atoms with E-state index in [1.165, 1.54) is 12.2 Å². The molecule has 1 heterocycles. The van der Waals surface area contributed by atoms with Gasteiger partial charge in [0.15, 0.2) is 5.96 Å². The van der Waals surface area contributed by atoms with Crippen molar-refractivity contribution in [3.05, 3.63) is 59.8 Å². The van der Waals surface area contributed by atoms with Crippen LogP contribution in [0.5, 0.6) is 5.88 Å². The van der Waals surface area contributed by atoms with E-state index in [1.807, 2.05) is 54.2 Å². The lowest BCUT2D eigenvalue weighted by Gasteiger charge is -2.12. The minimum atomic E-state index is 0. The molecule has 0 bridgehead atoms. The molecule has 0 unspecified atom stereocenters. The molecule has 1 aromatic carbocycles. The summed E-state index contributed by atoms with van der Waals surface area (Å²) in [6, 6.07) is 14.0. The third kappa shape index (κ3) is 9.64. The molecule has 0 aliphatic carbocycles. The second-order valence-electron chi connectivity index (χ2n) is 6.06. The van der Waals surface area contributed by atoms with Crippen molar-refractivity contribution in [2.75, 3.05) is 25.1 Å². The Labute approximate surface area is 190 Å². The molecular weight excluding hydrogens is 483 g/mol. The molecule has 0 spiro atoms. The molecule has 0 saturated heterocycles. The molecule has 0 atom stereocenters. The van der Waals surface area contributed by atoms with Crippen LogP contribution in [0, 0.1) is 0 Å². The van der Waals surface area contributed by atoms with Crippen molar-refractivity contribution < 1.29 is 4.74 Å². The summed E-state index contributed by atoms with van der Waals surface area (Å²) in [5.41, 5.74) is 2.10. The zero-order chi connectivity index (χ0) is 19.2. The van der Waals surface area contributed by atoms with Crippen LogP contribution in [0.25, 0.3) is 0 Å². The smallest absolute Gasteiger partial charge is 0.218 e. The van der Waals surface area contributed by atoms with E-state index >= 15 is 0 Å². The van der Waals surface area contributed by atoms with Crippen LogP contribution in [0.15, 0.2) is 53.7 Å². The number of aliphatic imine (C=N–C) groups is 1. The highest BCUT2D eigenvalue weighted by molar-refractivity contribution is 14.0. The Morgan fingerprint density at radius 2 is 1.93 bits per heavy atom. The Kier molecular flexibility index (Phi) is 13.5. The van der Waals surface area contributed by atoms with Crippen LogP contribution >= 0.6 is 35.7 Å². The Bertz CT molecular complexity index is 685. The zero-order valence-electron chi connectivity index (χ0n) is 16.7. The number of halogens is 1. The quantitative estimate of drug-likeness (QED) is 0.201. The van der Waals surface area contributed by atoms with Crippen molar-refractivity contribution in [2.24, 2.45) is 4.99 Å². The Morgan fingerprint density at radius 1 is 1.11 bits per heavy atom. The summed E-state index contributed by atoms with van der Waals surface area (Å²) in [6.07, 6.45) is 6.25. The van der Waals surface area contributed by atoms with E-state index < -0.39 is 0 Å². The van der Waals surface area contributed by atoms with Gasteiger partial charge in [-0.25, -0.2) is 9.98 Å². The van der Waals surface area contributed by atoms with Gasteiger partial charge in [0.2, 0.25) is 5.88 Å². The summed E-state index contributed by atoms with van der Waals surface area (Å²) in [7, 11) is 0. The second-order valence-corrected chi connectivity index (χ2v) is 7.05. The van der Waals surface area contributed by atoms with E-state index in [4.69, 9.17) is 4.74 Å². The molecule has 154 valence electrons. The van der Waals surface area contributed by atoms with Gasteiger partial charge in [-0.05, 0) is 43.4 Å². The lowest BCUT2D eigenvalue weighted by Crippen LogP contribution is -2.37. The summed E-state index contributed by atoms with van der Waals surface area (Å²) < 4.78 is 5.92. The number of nitrogens with one attached hydrogen (secondary N) is 2. The Balaban J connectivity index is 0.00000392. The Hall–Kier alpha value is -1.48. The van der Waals surface area contributed by atoms with Crippen LogP contribution in [-0.2, 0) is 13.2 Å². The highest BCUT2D eigenvalue weighted by atomic mass is 127. The number of hydrogen-bond acceptors (Lipinski definition) is 4. The number of rotatable bonds is 11. The monoisotopic (exact) mass is 514 g/mol. The molecule has 0 radical (unpaired) electrons. The number of guanidine groups is 1. The van der Waals surface area contributed by atoms with Crippen LogP contribution in [0.4, 0.5) is 0 Å². The minimum Gasteiger partial charge on any atom is -0.473 e. The van der Waals surface area contributed by atoms with Gasteiger partial charge in [-0.15, -0.1) is 24.0 Å². The maximum absolute atomic E-state index is 5.92. The molecule has 0 amide bonds. The van der Waals surface area contributed by atoms with E-state index in [0.29, 0.717) is 19.0 Å². The van der Waals surface area contributed by atoms with Gasteiger partial charge in [0, 0.05) is 24.8 Å². The zero-order valence-corrected chi connectivity index (χ0v) is 19.8. The van der Waals surface area contributed by atoms with Gasteiger partial charge >= 0.3 is 0 Å². The van der Waals surface area contributed by atoms with Crippen LogP contribution in [0.2, 0.25) is 0 Å². The SMILES string of the molecule is CCNC(=NCc1cccnc1OCc1ccccc1)NCCCCSC.I.